The molecule has 1 aliphatic heterocycles. The van der Waals surface area contributed by atoms with Crippen LogP contribution in [0.15, 0.2) is 60.4 Å². The number of nitrogens with zero attached hydrogens (tertiary/aromatic N) is 4. The number of piperidine rings is 1. The Kier molecular flexibility index (Phi) is 6.07. The lowest BCUT2D eigenvalue weighted by Crippen LogP contribution is -2.49. The summed E-state index contributed by atoms with van der Waals surface area (Å²) in [7, 11) is -3.53. The number of rotatable bonds is 5. The van der Waals surface area contributed by atoms with E-state index in [1.807, 2.05) is 6.08 Å². The van der Waals surface area contributed by atoms with Gasteiger partial charge in [-0.1, -0.05) is 18.1 Å². The van der Waals surface area contributed by atoms with Crippen molar-refractivity contribution in [3.8, 4) is 5.69 Å². The number of ketones is 1. The van der Waals surface area contributed by atoms with Crippen LogP contribution in [0.3, 0.4) is 0 Å². The molecule has 1 saturated carbocycles. The first-order valence-corrected chi connectivity index (χ1v) is 14.4. The van der Waals surface area contributed by atoms with Gasteiger partial charge in [0.15, 0.2) is 5.78 Å². The largest absolute Gasteiger partial charge is 0.291 e. The van der Waals surface area contributed by atoms with Gasteiger partial charge in [-0.05, 0) is 86.6 Å². The van der Waals surface area contributed by atoms with E-state index in [2.05, 4.69) is 10.1 Å². The number of carbonyl (C=O) groups is 1. The molecule has 0 bridgehead atoms. The Labute approximate surface area is 216 Å². The fraction of sp³-hybridized carbons (Fsp3) is 0.393. The van der Waals surface area contributed by atoms with Gasteiger partial charge in [-0.2, -0.15) is 5.10 Å². The van der Waals surface area contributed by atoms with Gasteiger partial charge in [0.05, 0.1) is 28.2 Å². The number of aromatic nitrogens is 3. The van der Waals surface area contributed by atoms with E-state index in [-0.39, 0.29) is 18.0 Å². The van der Waals surface area contributed by atoms with Gasteiger partial charge in [0, 0.05) is 19.3 Å². The Hall–Kier alpha value is -3.17. The zero-order chi connectivity index (χ0) is 25.6. The molecule has 192 valence electrons. The van der Waals surface area contributed by atoms with E-state index >= 15 is 0 Å². The maximum Gasteiger partial charge on any atom is 0.217 e. The van der Waals surface area contributed by atoms with Crippen molar-refractivity contribution in [1.29, 1.82) is 0 Å². The Morgan fingerprint density at radius 3 is 2.57 bits per heavy atom. The average molecular weight is 521 g/mol. The fourth-order valence-corrected chi connectivity index (χ4v) is 8.28. The summed E-state index contributed by atoms with van der Waals surface area (Å²) in [5, 5.41) is 3.94. The van der Waals surface area contributed by atoms with E-state index in [0.717, 1.165) is 41.8 Å². The van der Waals surface area contributed by atoms with Crippen LogP contribution in [-0.4, -0.2) is 51.6 Å². The molecule has 2 atom stereocenters. The van der Waals surface area contributed by atoms with Crippen LogP contribution >= 0.6 is 0 Å². The maximum atomic E-state index is 14.1. The smallest absolute Gasteiger partial charge is 0.217 e. The minimum Gasteiger partial charge on any atom is -0.291 e. The third-order valence-electron chi connectivity index (χ3n) is 8.12. The Morgan fingerprint density at radius 2 is 1.84 bits per heavy atom. The highest BCUT2D eigenvalue weighted by Crippen LogP contribution is 2.51. The van der Waals surface area contributed by atoms with Crippen molar-refractivity contribution in [2.24, 2.45) is 5.41 Å². The lowest BCUT2D eigenvalue weighted by molar-refractivity contribution is 0.0795. The normalized spacial score (nSPS) is 24.1. The predicted molar refractivity (Wildman–Crippen MR) is 138 cm³/mol. The van der Waals surface area contributed by atoms with Crippen LogP contribution in [0, 0.1) is 11.2 Å². The highest BCUT2D eigenvalue weighted by molar-refractivity contribution is 7.89. The molecule has 3 aliphatic rings. The quantitative estimate of drug-likeness (QED) is 0.460. The third-order valence-corrected chi connectivity index (χ3v) is 10.4. The molecule has 2 aromatic heterocycles. The molecule has 0 N–H and O–H groups in total. The van der Waals surface area contributed by atoms with Gasteiger partial charge < -0.3 is 0 Å². The third kappa shape index (κ3) is 4.14. The van der Waals surface area contributed by atoms with Crippen molar-refractivity contribution >= 4 is 21.9 Å². The van der Waals surface area contributed by atoms with Crippen molar-refractivity contribution in [2.75, 3.05) is 13.1 Å². The van der Waals surface area contributed by atoms with Crippen molar-refractivity contribution in [3.05, 3.63) is 83.2 Å². The summed E-state index contributed by atoms with van der Waals surface area (Å²) >= 11 is 0. The molecule has 0 spiro atoms. The number of hydrogen-bond acceptors (Lipinski definition) is 5. The number of pyridine rings is 1. The summed E-state index contributed by atoms with van der Waals surface area (Å²) in [6.07, 6.45) is 9.70. The number of benzene rings is 1. The van der Waals surface area contributed by atoms with E-state index in [9.17, 15) is 17.6 Å². The molecule has 2 aliphatic carbocycles. The van der Waals surface area contributed by atoms with Gasteiger partial charge in [0.2, 0.25) is 10.0 Å². The van der Waals surface area contributed by atoms with Gasteiger partial charge in [0.25, 0.3) is 0 Å². The molecule has 1 saturated heterocycles. The predicted octanol–water partition coefficient (Wildman–Crippen LogP) is 4.58. The molecule has 1 aromatic carbocycles. The summed E-state index contributed by atoms with van der Waals surface area (Å²) in [4.78, 5) is 18.5. The van der Waals surface area contributed by atoms with Gasteiger partial charge in [-0.25, -0.2) is 21.8 Å². The Morgan fingerprint density at radius 1 is 1.05 bits per heavy atom. The van der Waals surface area contributed by atoms with E-state index < -0.39 is 20.7 Å². The molecule has 3 heterocycles. The van der Waals surface area contributed by atoms with Crippen LogP contribution in [0.25, 0.3) is 11.8 Å². The first-order chi connectivity index (χ1) is 17.9. The standard InChI is InChI=1S/C28H29FN4O3S/c29-22-8-10-23(11-9-22)33-26-16-21-7-12-24(37(35,36)32-14-4-1-5-15-32)18-28(21,17-20(26)19-31-33)27(34)25-6-2-3-13-30-25/h2-3,6,8-11,13,16,19,24H,1,4-5,7,12,14-15,17-18H2/t24-,28-/m0/s1. The minimum absolute atomic E-state index is 0.141. The molecule has 7 nitrogen and oxygen atoms in total. The van der Waals surface area contributed by atoms with Crippen molar-refractivity contribution in [3.63, 3.8) is 0 Å². The van der Waals surface area contributed by atoms with Gasteiger partial charge >= 0.3 is 0 Å². The van der Waals surface area contributed by atoms with E-state index in [0.29, 0.717) is 38.0 Å². The molecule has 6 rings (SSSR count). The first kappa shape index (κ1) is 24.2. The van der Waals surface area contributed by atoms with Gasteiger partial charge in [-0.3, -0.25) is 9.78 Å². The summed E-state index contributed by atoms with van der Waals surface area (Å²) in [6, 6.07) is 11.4. The van der Waals surface area contributed by atoms with Gasteiger partial charge in [-0.15, -0.1) is 0 Å². The second kappa shape index (κ2) is 9.29. The molecule has 2 fully saturated rings. The second-order valence-corrected chi connectivity index (χ2v) is 12.5. The zero-order valence-corrected chi connectivity index (χ0v) is 21.3. The molecule has 37 heavy (non-hydrogen) atoms. The molecule has 0 radical (unpaired) electrons. The Balaban J connectivity index is 1.42. The SMILES string of the molecule is O=C(c1ccccn1)[C@]12Cc3cnn(-c4ccc(F)cc4)c3C=C1CC[C@H](S(=O)(=O)N1CCCCC1)C2. The molecule has 3 aromatic rings. The second-order valence-electron chi connectivity index (χ2n) is 10.3. The van der Waals surface area contributed by atoms with Crippen LogP contribution in [0.4, 0.5) is 4.39 Å². The monoisotopic (exact) mass is 520 g/mol. The van der Waals surface area contributed by atoms with Crippen LogP contribution < -0.4 is 0 Å². The number of hydrogen-bond donors (Lipinski definition) is 0. The maximum absolute atomic E-state index is 14.1. The van der Waals surface area contributed by atoms with Crippen molar-refractivity contribution in [1.82, 2.24) is 19.1 Å². The van der Waals surface area contributed by atoms with Crippen LogP contribution in [0.2, 0.25) is 0 Å². The highest BCUT2D eigenvalue weighted by atomic mass is 32.2. The number of halogens is 1. The Bertz CT molecular complexity index is 1460. The number of sulfonamides is 1. The summed E-state index contributed by atoms with van der Waals surface area (Å²) in [5.41, 5.74) is 2.72. The summed E-state index contributed by atoms with van der Waals surface area (Å²) in [5.74, 6) is -0.464. The number of fused-ring (bicyclic) bond motifs is 2. The number of Topliss-reactive ketones (excluding diaryl/α,β-unsaturated/α-hetero) is 1. The van der Waals surface area contributed by atoms with E-state index in [4.69, 9.17) is 0 Å². The highest BCUT2D eigenvalue weighted by Gasteiger charge is 2.52. The lowest BCUT2D eigenvalue weighted by atomic mass is 9.61. The van der Waals surface area contributed by atoms with E-state index in [1.165, 1.54) is 12.1 Å². The summed E-state index contributed by atoms with van der Waals surface area (Å²) < 4.78 is 44.3. The van der Waals surface area contributed by atoms with Crippen LogP contribution in [-0.2, 0) is 16.4 Å². The number of allylic oxidation sites excluding steroid dienone is 1. The molecular formula is C28H29FN4O3S. The van der Waals surface area contributed by atoms with Crippen LogP contribution in [0.5, 0.6) is 0 Å². The van der Waals surface area contributed by atoms with Crippen molar-refractivity contribution < 1.29 is 17.6 Å². The number of carbonyl (C=O) groups excluding carboxylic acids is 1. The lowest BCUT2D eigenvalue weighted by Gasteiger charge is -2.44. The minimum atomic E-state index is -3.53. The van der Waals surface area contributed by atoms with Crippen LogP contribution in [0.1, 0.15) is 60.3 Å². The van der Waals surface area contributed by atoms with Crippen molar-refractivity contribution in [2.45, 2.75) is 50.2 Å². The first-order valence-electron chi connectivity index (χ1n) is 12.9. The summed E-state index contributed by atoms with van der Waals surface area (Å²) in [6.45, 7) is 1.11. The molecule has 9 heteroatoms. The topological polar surface area (TPSA) is 85.2 Å². The molecule has 0 unspecified atom stereocenters. The fourth-order valence-electron chi connectivity index (χ4n) is 6.18. The zero-order valence-electron chi connectivity index (χ0n) is 20.5. The van der Waals surface area contributed by atoms with E-state index in [1.54, 1.807) is 51.7 Å². The molecular weight excluding hydrogens is 491 g/mol. The molecule has 0 amide bonds. The van der Waals surface area contributed by atoms with Gasteiger partial charge in [0.1, 0.15) is 11.5 Å². The average Bonchev–Trinajstić information content (AvgIpc) is 3.34.